The molecule has 0 aromatic heterocycles. The van der Waals surface area contributed by atoms with Gasteiger partial charge in [0.2, 0.25) is 0 Å². The molecule has 27 heavy (non-hydrogen) atoms. The maximum atomic E-state index is 5.88. The maximum absolute atomic E-state index is 5.88. The van der Waals surface area contributed by atoms with Crippen molar-refractivity contribution in [1.82, 2.24) is 0 Å². The van der Waals surface area contributed by atoms with Crippen LogP contribution in [0.4, 0.5) is 0 Å². The van der Waals surface area contributed by atoms with Crippen LogP contribution in [0.2, 0.25) is 0 Å². The molecule has 142 valence electrons. The number of hydrogen-bond donors (Lipinski definition) is 0. The number of aryl methyl sites for hydroxylation is 2. The van der Waals surface area contributed by atoms with Gasteiger partial charge in [0, 0.05) is 22.0 Å². The SMILES string of the molecule is CCc1cccc2c1OCC21CC1.CCc1cccc2c1OCC21CCC1. The molecule has 0 saturated heterocycles. The van der Waals surface area contributed by atoms with Crippen LogP contribution >= 0.6 is 0 Å². The standard InChI is InChI=1S/C13H16O.C12H14O/c1-2-10-5-3-6-11-12(10)14-9-13(11)7-4-8-13;1-2-9-4-3-5-10-11(9)13-8-12(10)6-7-12/h3,5-6H,2,4,7-9H2,1H3;3-5H,2,6-8H2,1H3. The first kappa shape index (κ1) is 17.2. The van der Waals surface area contributed by atoms with E-state index in [-0.39, 0.29) is 0 Å². The largest absolute Gasteiger partial charge is 0.492 e. The minimum Gasteiger partial charge on any atom is -0.492 e. The first-order valence-corrected chi connectivity index (χ1v) is 10.7. The molecular formula is C25H30O2. The highest BCUT2D eigenvalue weighted by atomic mass is 16.5. The lowest BCUT2D eigenvalue weighted by Crippen LogP contribution is -2.35. The number of para-hydroxylation sites is 2. The Morgan fingerprint density at radius 2 is 1.19 bits per heavy atom. The van der Waals surface area contributed by atoms with Gasteiger partial charge in [0.1, 0.15) is 11.5 Å². The Hall–Kier alpha value is -1.96. The third-order valence-electron chi connectivity index (χ3n) is 7.25. The van der Waals surface area contributed by atoms with E-state index in [1.807, 2.05) is 0 Å². The zero-order valence-corrected chi connectivity index (χ0v) is 16.6. The third kappa shape index (κ3) is 2.60. The molecule has 2 saturated carbocycles. The van der Waals surface area contributed by atoms with Crippen molar-refractivity contribution in [2.45, 2.75) is 69.6 Å². The molecule has 2 spiro atoms. The van der Waals surface area contributed by atoms with Crippen molar-refractivity contribution in [3.63, 3.8) is 0 Å². The topological polar surface area (TPSA) is 18.5 Å². The zero-order chi connectivity index (χ0) is 18.5. The summed E-state index contributed by atoms with van der Waals surface area (Å²) in [7, 11) is 0. The molecule has 0 N–H and O–H groups in total. The Bertz CT molecular complexity index is 859. The van der Waals surface area contributed by atoms with Crippen molar-refractivity contribution in [3.05, 3.63) is 58.7 Å². The zero-order valence-electron chi connectivity index (χ0n) is 16.6. The van der Waals surface area contributed by atoms with Gasteiger partial charge in [0.15, 0.2) is 0 Å². The summed E-state index contributed by atoms with van der Waals surface area (Å²) in [5.74, 6) is 2.40. The Balaban J connectivity index is 0.000000119. The van der Waals surface area contributed by atoms with Crippen LogP contribution in [0.3, 0.4) is 0 Å². The second kappa shape index (κ2) is 6.29. The van der Waals surface area contributed by atoms with Gasteiger partial charge in [-0.2, -0.15) is 0 Å². The van der Waals surface area contributed by atoms with Gasteiger partial charge in [-0.25, -0.2) is 0 Å². The molecule has 2 aliphatic heterocycles. The van der Waals surface area contributed by atoms with Crippen LogP contribution in [0.5, 0.6) is 11.5 Å². The molecule has 0 amide bonds. The molecule has 0 unspecified atom stereocenters. The summed E-state index contributed by atoms with van der Waals surface area (Å²) in [6, 6.07) is 13.2. The fraction of sp³-hybridized carbons (Fsp3) is 0.520. The number of ether oxygens (including phenoxy) is 2. The van der Waals surface area contributed by atoms with Crippen LogP contribution in [-0.2, 0) is 23.7 Å². The summed E-state index contributed by atoms with van der Waals surface area (Å²) < 4.78 is 11.7. The highest BCUT2D eigenvalue weighted by Gasteiger charge is 2.51. The summed E-state index contributed by atoms with van der Waals surface area (Å²) in [4.78, 5) is 0. The van der Waals surface area contributed by atoms with Crippen molar-refractivity contribution in [2.75, 3.05) is 13.2 Å². The van der Waals surface area contributed by atoms with Crippen LogP contribution in [-0.4, -0.2) is 13.2 Å². The van der Waals surface area contributed by atoms with E-state index in [4.69, 9.17) is 9.47 Å². The monoisotopic (exact) mass is 362 g/mol. The molecule has 2 heteroatoms. The predicted molar refractivity (Wildman–Crippen MR) is 109 cm³/mol. The number of fused-ring (bicyclic) bond motifs is 4. The van der Waals surface area contributed by atoms with E-state index in [0.717, 1.165) is 26.1 Å². The minimum absolute atomic E-state index is 0.417. The van der Waals surface area contributed by atoms with E-state index in [1.165, 1.54) is 65.9 Å². The molecule has 2 aliphatic carbocycles. The summed E-state index contributed by atoms with van der Waals surface area (Å²) in [5, 5.41) is 0. The second-order valence-corrected chi connectivity index (χ2v) is 8.79. The van der Waals surface area contributed by atoms with Crippen molar-refractivity contribution >= 4 is 0 Å². The first-order chi connectivity index (χ1) is 13.2. The van der Waals surface area contributed by atoms with E-state index in [9.17, 15) is 0 Å². The van der Waals surface area contributed by atoms with E-state index < -0.39 is 0 Å². The molecule has 0 atom stereocenters. The summed E-state index contributed by atoms with van der Waals surface area (Å²) >= 11 is 0. The highest BCUT2D eigenvalue weighted by molar-refractivity contribution is 5.52. The lowest BCUT2D eigenvalue weighted by atomic mass is 9.66. The normalized spacial score (nSPS) is 21.4. The number of rotatable bonds is 2. The van der Waals surface area contributed by atoms with Crippen LogP contribution in [0.15, 0.2) is 36.4 Å². The van der Waals surface area contributed by atoms with E-state index >= 15 is 0 Å². The van der Waals surface area contributed by atoms with Crippen molar-refractivity contribution in [2.24, 2.45) is 0 Å². The summed E-state index contributed by atoms with van der Waals surface area (Å²) in [6.45, 7) is 6.25. The fourth-order valence-corrected chi connectivity index (χ4v) is 5.06. The van der Waals surface area contributed by atoms with Crippen LogP contribution in [0.25, 0.3) is 0 Å². The van der Waals surface area contributed by atoms with Crippen LogP contribution < -0.4 is 9.47 Å². The van der Waals surface area contributed by atoms with E-state index in [2.05, 4.69) is 50.2 Å². The summed E-state index contributed by atoms with van der Waals surface area (Å²) in [6.07, 6.45) is 8.85. The van der Waals surface area contributed by atoms with Gasteiger partial charge >= 0.3 is 0 Å². The first-order valence-electron chi connectivity index (χ1n) is 10.7. The quantitative estimate of drug-likeness (QED) is 0.678. The van der Waals surface area contributed by atoms with Gasteiger partial charge in [0.05, 0.1) is 13.2 Å². The maximum Gasteiger partial charge on any atom is 0.126 e. The Morgan fingerprint density at radius 3 is 1.56 bits per heavy atom. The molecule has 0 bridgehead atoms. The molecule has 2 heterocycles. The Morgan fingerprint density at radius 1 is 0.704 bits per heavy atom. The van der Waals surface area contributed by atoms with Crippen LogP contribution in [0, 0.1) is 0 Å². The summed E-state index contributed by atoms with van der Waals surface area (Å²) in [5.41, 5.74) is 6.59. The van der Waals surface area contributed by atoms with Crippen molar-refractivity contribution < 1.29 is 9.47 Å². The molecule has 2 nitrogen and oxygen atoms in total. The van der Waals surface area contributed by atoms with Gasteiger partial charge in [-0.15, -0.1) is 0 Å². The van der Waals surface area contributed by atoms with Gasteiger partial charge in [0.25, 0.3) is 0 Å². The van der Waals surface area contributed by atoms with Gasteiger partial charge in [-0.1, -0.05) is 56.7 Å². The molecule has 6 rings (SSSR count). The number of hydrogen-bond acceptors (Lipinski definition) is 2. The lowest BCUT2D eigenvalue weighted by molar-refractivity contribution is 0.177. The average Bonchev–Trinajstić information content (AvgIpc) is 3.20. The van der Waals surface area contributed by atoms with Crippen LogP contribution in [0.1, 0.15) is 68.2 Å². The van der Waals surface area contributed by atoms with E-state index in [1.54, 1.807) is 0 Å². The molecule has 2 aromatic rings. The van der Waals surface area contributed by atoms with Gasteiger partial charge < -0.3 is 9.47 Å². The molecular weight excluding hydrogens is 332 g/mol. The smallest absolute Gasteiger partial charge is 0.126 e. The Kier molecular flexibility index (Phi) is 4.00. The molecule has 2 fully saturated rings. The van der Waals surface area contributed by atoms with Crippen molar-refractivity contribution in [3.8, 4) is 11.5 Å². The van der Waals surface area contributed by atoms with Gasteiger partial charge in [-0.3, -0.25) is 0 Å². The third-order valence-corrected chi connectivity index (χ3v) is 7.25. The fourth-order valence-electron chi connectivity index (χ4n) is 5.06. The van der Waals surface area contributed by atoms with Crippen molar-refractivity contribution in [1.29, 1.82) is 0 Å². The Labute approximate surface area is 162 Å². The molecule has 4 aliphatic rings. The average molecular weight is 363 g/mol. The lowest BCUT2D eigenvalue weighted by Gasteiger charge is -2.36. The van der Waals surface area contributed by atoms with E-state index in [0.29, 0.717) is 10.8 Å². The second-order valence-electron chi connectivity index (χ2n) is 8.79. The number of benzene rings is 2. The minimum atomic E-state index is 0.417. The highest BCUT2D eigenvalue weighted by Crippen LogP contribution is 2.56. The van der Waals surface area contributed by atoms with Gasteiger partial charge in [-0.05, 0) is 49.7 Å². The molecule has 2 aromatic carbocycles. The predicted octanol–water partition coefficient (Wildman–Crippen LogP) is 5.74. The molecule has 0 radical (unpaired) electrons.